The summed E-state index contributed by atoms with van der Waals surface area (Å²) in [6, 6.07) is 20.7. The van der Waals surface area contributed by atoms with Gasteiger partial charge in [0.05, 0.1) is 15.6 Å². The quantitative estimate of drug-likeness (QED) is 0.367. The molecule has 0 aromatic heterocycles. The summed E-state index contributed by atoms with van der Waals surface area (Å²) in [6.45, 7) is 2.54. The first-order valence-electron chi connectivity index (χ1n) is 9.20. The summed E-state index contributed by atoms with van der Waals surface area (Å²) in [6.07, 6.45) is 0. The number of benzene rings is 3. The number of hydrogen-bond donors (Lipinski definition) is 2. The molecule has 0 atom stereocenters. The Kier molecular flexibility index (Phi) is 7.42. The van der Waals surface area contributed by atoms with Crippen molar-refractivity contribution in [3.05, 3.63) is 88.9 Å². The third kappa shape index (κ3) is 6.01. The molecule has 2 N–H and O–H groups in total. The Morgan fingerprint density at radius 3 is 2.37 bits per heavy atom. The summed E-state index contributed by atoms with van der Waals surface area (Å²) >= 11 is 7.87. The molecule has 3 aromatic rings. The van der Waals surface area contributed by atoms with Crippen molar-refractivity contribution in [2.24, 2.45) is 0 Å². The first-order chi connectivity index (χ1) is 14.3. The smallest absolute Gasteiger partial charge is 0.261 e. The maximum Gasteiger partial charge on any atom is 0.261 e. The van der Waals surface area contributed by atoms with E-state index in [1.165, 1.54) is 35.9 Å². The largest absolute Gasteiger partial charge is 0.351 e. The van der Waals surface area contributed by atoms with Crippen molar-refractivity contribution >= 4 is 45.0 Å². The molecule has 0 spiro atoms. The lowest BCUT2D eigenvalue weighted by molar-refractivity contribution is 0.0956. The topological polar surface area (TPSA) is 75.3 Å². The Bertz CT molecular complexity index is 1120. The molecule has 0 aliphatic carbocycles. The average molecular weight is 461 g/mol. The molecule has 0 saturated heterocycles. The predicted molar refractivity (Wildman–Crippen MR) is 123 cm³/mol. The molecule has 0 heterocycles. The van der Waals surface area contributed by atoms with Crippen molar-refractivity contribution in [2.45, 2.75) is 16.7 Å². The lowest BCUT2D eigenvalue weighted by Gasteiger charge is -2.11. The molecule has 8 heteroatoms. The Morgan fingerprint density at radius 1 is 1.00 bits per heavy atom. The van der Waals surface area contributed by atoms with Gasteiger partial charge in [-0.1, -0.05) is 47.5 Å². The van der Waals surface area contributed by atoms with E-state index in [1.807, 2.05) is 6.92 Å². The molecule has 0 saturated carbocycles. The predicted octanol–water partition coefficient (Wildman–Crippen LogP) is 4.97. The second-order valence-electron chi connectivity index (χ2n) is 6.53. The van der Waals surface area contributed by atoms with Crippen molar-refractivity contribution in [2.75, 3.05) is 17.0 Å². The zero-order valence-corrected chi connectivity index (χ0v) is 18.7. The van der Waals surface area contributed by atoms with E-state index in [9.17, 15) is 13.2 Å². The maximum absolute atomic E-state index is 12.4. The molecule has 0 radical (unpaired) electrons. The summed E-state index contributed by atoms with van der Waals surface area (Å²) < 4.78 is 27.3. The van der Waals surface area contributed by atoms with E-state index in [0.29, 0.717) is 12.1 Å². The minimum absolute atomic E-state index is 0.133. The molecule has 0 bridgehead atoms. The SMILES string of the molecule is Cc1ccc(SCCNC(=O)c2ccc(NS(=O)(=O)c3ccccc3)c(Cl)c2)cc1. The van der Waals surface area contributed by atoms with Crippen LogP contribution in [0.25, 0.3) is 0 Å². The van der Waals surface area contributed by atoms with Crippen LogP contribution in [0.4, 0.5) is 5.69 Å². The van der Waals surface area contributed by atoms with Gasteiger partial charge in [-0.15, -0.1) is 11.8 Å². The standard InChI is InChI=1S/C22H21ClN2O3S2/c1-16-7-10-18(11-8-16)29-14-13-24-22(26)17-9-12-21(20(23)15-17)25-30(27,28)19-5-3-2-4-6-19/h2-12,15,25H,13-14H2,1H3,(H,24,26). The fraction of sp³-hybridized carbons (Fsp3) is 0.136. The van der Waals surface area contributed by atoms with Gasteiger partial charge in [0.1, 0.15) is 0 Å². The van der Waals surface area contributed by atoms with E-state index in [4.69, 9.17) is 11.6 Å². The summed E-state index contributed by atoms with van der Waals surface area (Å²) in [5, 5.41) is 2.99. The Labute approximate surface area is 185 Å². The highest BCUT2D eigenvalue weighted by Crippen LogP contribution is 2.26. The maximum atomic E-state index is 12.4. The average Bonchev–Trinajstić information content (AvgIpc) is 2.74. The molecule has 3 rings (SSSR count). The first kappa shape index (κ1) is 22.2. The summed E-state index contributed by atoms with van der Waals surface area (Å²) in [4.78, 5) is 13.6. The van der Waals surface area contributed by atoms with Crippen molar-refractivity contribution in [3.63, 3.8) is 0 Å². The van der Waals surface area contributed by atoms with Crippen LogP contribution in [-0.2, 0) is 10.0 Å². The molecule has 0 unspecified atom stereocenters. The highest BCUT2D eigenvalue weighted by molar-refractivity contribution is 7.99. The Balaban J connectivity index is 1.56. The van der Waals surface area contributed by atoms with Crippen LogP contribution in [0.1, 0.15) is 15.9 Å². The van der Waals surface area contributed by atoms with Gasteiger partial charge >= 0.3 is 0 Å². The van der Waals surface area contributed by atoms with Gasteiger partial charge in [-0.25, -0.2) is 8.42 Å². The van der Waals surface area contributed by atoms with Gasteiger partial charge in [0, 0.05) is 22.8 Å². The summed E-state index contributed by atoms with van der Waals surface area (Å²) in [7, 11) is -3.75. The van der Waals surface area contributed by atoms with E-state index in [-0.39, 0.29) is 21.5 Å². The number of carbonyl (C=O) groups excluding carboxylic acids is 1. The van der Waals surface area contributed by atoms with E-state index in [0.717, 1.165) is 10.6 Å². The van der Waals surface area contributed by atoms with Gasteiger partial charge in [-0.2, -0.15) is 0 Å². The van der Waals surface area contributed by atoms with Crippen LogP contribution in [0.5, 0.6) is 0 Å². The van der Waals surface area contributed by atoms with E-state index < -0.39 is 10.0 Å². The van der Waals surface area contributed by atoms with Crippen LogP contribution >= 0.6 is 23.4 Å². The minimum Gasteiger partial charge on any atom is -0.351 e. The van der Waals surface area contributed by atoms with Gasteiger partial charge in [0.2, 0.25) is 0 Å². The summed E-state index contributed by atoms with van der Waals surface area (Å²) in [5.41, 5.74) is 1.79. The number of sulfonamides is 1. The lowest BCUT2D eigenvalue weighted by Crippen LogP contribution is -2.25. The van der Waals surface area contributed by atoms with Gasteiger partial charge in [-0.3, -0.25) is 9.52 Å². The molecule has 30 heavy (non-hydrogen) atoms. The Hall–Kier alpha value is -2.48. The second kappa shape index (κ2) is 10.0. The van der Waals surface area contributed by atoms with Crippen LogP contribution < -0.4 is 10.0 Å². The monoisotopic (exact) mass is 460 g/mol. The van der Waals surface area contributed by atoms with Crippen LogP contribution in [0.15, 0.2) is 82.6 Å². The molecule has 0 fully saturated rings. The number of amides is 1. The minimum atomic E-state index is -3.75. The first-order valence-corrected chi connectivity index (χ1v) is 12.0. The van der Waals surface area contributed by atoms with E-state index in [1.54, 1.807) is 30.0 Å². The van der Waals surface area contributed by atoms with Crippen LogP contribution in [-0.4, -0.2) is 26.6 Å². The van der Waals surface area contributed by atoms with E-state index in [2.05, 4.69) is 34.3 Å². The summed E-state index contributed by atoms with van der Waals surface area (Å²) in [5.74, 6) is 0.469. The molecule has 0 aliphatic rings. The number of nitrogens with one attached hydrogen (secondary N) is 2. The molecule has 3 aromatic carbocycles. The molecule has 1 amide bonds. The van der Waals surface area contributed by atoms with Gasteiger partial charge in [0.25, 0.3) is 15.9 Å². The van der Waals surface area contributed by atoms with Crippen LogP contribution in [0, 0.1) is 6.92 Å². The number of aryl methyl sites for hydroxylation is 1. The van der Waals surface area contributed by atoms with E-state index >= 15 is 0 Å². The molecule has 0 aliphatic heterocycles. The zero-order valence-electron chi connectivity index (χ0n) is 16.3. The van der Waals surface area contributed by atoms with Crippen molar-refractivity contribution in [1.29, 1.82) is 0 Å². The third-order valence-electron chi connectivity index (χ3n) is 4.21. The van der Waals surface area contributed by atoms with Crippen molar-refractivity contribution in [3.8, 4) is 0 Å². The Morgan fingerprint density at radius 2 is 1.70 bits per heavy atom. The third-order valence-corrected chi connectivity index (χ3v) is 6.91. The number of rotatable bonds is 8. The van der Waals surface area contributed by atoms with Crippen molar-refractivity contribution < 1.29 is 13.2 Å². The number of carbonyl (C=O) groups is 1. The highest BCUT2D eigenvalue weighted by Gasteiger charge is 2.16. The molecule has 156 valence electrons. The normalized spacial score (nSPS) is 11.1. The zero-order chi connectivity index (χ0) is 21.6. The number of anilines is 1. The van der Waals surface area contributed by atoms with Gasteiger partial charge in [-0.05, 0) is 49.4 Å². The van der Waals surface area contributed by atoms with Crippen LogP contribution in [0.3, 0.4) is 0 Å². The molecular formula is C22H21ClN2O3S2. The number of hydrogen-bond acceptors (Lipinski definition) is 4. The van der Waals surface area contributed by atoms with Crippen LogP contribution in [0.2, 0.25) is 5.02 Å². The van der Waals surface area contributed by atoms with Gasteiger partial charge in [0.15, 0.2) is 0 Å². The van der Waals surface area contributed by atoms with Gasteiger partial charge < -0.3 is 5.32 Å². The van der Waals surface area contributed by atoms with Crippen molar-refractivity contribution in [1.82, 2.24) is 5.32 Å². The second-order valence-corrected chi connectivity index (χ2v) is 9.79. The fourth-order valence-electron chi connectivity index (χ4n) is 2.61. The lowest BCUT2D eigenvalue weighted by atomic mass is 10.2. The fourth-order valence-corrected chi connectivity index (χ4v) is 4.77. The number of thioether (sulfide) groups is 1. The molecular weight excluding hydrogens is 440 g/mol. The molecule has 5 nitrogen and oxygen atoms in total. The number of halogens is 1. The highest BCUT2D eigenvalue weighted by atomic mass is 35.5.